The zero-order valence-corrected chi connectivity index (χ0v) is 32.9. The predicted molar refractivity (Wildman–Crippen MR) is 190 cm³/mol. The van der Waals surface area contributed by atoms with Crippen LogP contribution in [0.3, 0.4) is 0 Å². The highest BCUT2D eigenvalue weighted by atomic mass is 16.7. The molecule has 12 nitrogen and oxygen atoms in total. The minimum Gasteiger partial charge on any atom is -0.463 e. The molecule has 0 spiro atoms. The van der Waals surface area contributed by atoms with Crippen LogP contribution in [0.4, 0.5) is 0 Å². The average Bonchev–Trinajstić information content (AvgIpc) is 3.89. The number of methoxy groups -OCH3 is 2. The van der Waals surface area contributed by atoms with Crippen molar-refractivity contribution in [2.75, 3.05) is 74.9 Å². The van der Waals surface area contributed by atoms with Gasteiger partial charge in [0.15, 0.2) is 12.1 Å². The minimum atomic E-state index is -1.47. The van der Waals surface area contributed by atoms with Gasteiger partial charge in [-0.25, -0.2) is 0 Å². The van der Waals surface area contributed by atoms with Crippen molar-refractivity contribution in [3.05, 3.63) is 0 Å². The summed E-state index contributed by atoms with van der Waals surface area (Å²) >= 11 is 0. The van der Waals surface area contributed by atoms with E-state index >= 15 is 0 Å². The summed E-state index contributed by atoms with van der Waals surface area (Å²) in [6.07, 6.45) is 2.73. The first-order chi connectivity index (χ1) is 23.5. The van der Waals surface area contributed by atoms with E-state index in [0.717, 1.165) is 31.8 Å². The molecule has 3 aliphatic heterocycles. The summed E-state index contributed by atoms with van der Waals surface area (Å²) in [5.74, 6) is -0.481. The molecule has 0 aromatic heterocycles. The van der Waals surface area contributed by atoms with Crippen LogP contribution in [0.5, 0.6) is 0 Å². The molecule has 290 valence electrons. The van der Waals surface area contributed by atoms with Crippen LogP contribution in [0.2, 0.25) is 0 Å². The molecular formula is C38H69N3O9. The molecular weight excluding hydrogens is 642 g/mol. The van der Waals surface area contributed by atoms with Gasteiger partial charge in [0.1, 0.15) is 24.9 Å². The lowest BCUT2D eigenvalue weighted by Crippen LogP contribution is -2.59. The van der Waals surface area contributed by atoms with E-state index < -0.39 is 41.4 Å². The van der Waals surface area contributed by atoms with E-state index in [2.05, 4.69) is 23.8 Å². The second kappa shape index (κ2) is 17.7. The summed E-state index contributed by atoms with van der Waals surface area (Å²) in [6, 6.07) is -0.440. The molecule has 1 saturated carbocycles. The Labute approximate surface area is 301 Å². The third-order valence-corrected chi connectivity index (χ3v) is 12.0. The van der Waals surface area contributed by atoms with Crippen LogP contribution in [-0.4, -0.2) is 155 Å². The van der Waals surface area contributed by atoms with Gasteiger partial charge in [0, 0.05) is 39.3 Å². The van der Waals surface area contributed by atoms with Gasteiger partial charge in [-0.3, -0.25) is 14.5 Å². The molecule has 12 heteroatoms. The Kier molecular flexibility index (Phi) is 14.7. The Morgan fingerprint density at radius 2 is 1.70 bits per heavy atom. The summed E-state index contributed by atoms with van der Waals surface area (Å²) in [5.41, 5.74) is -2.43. The Morgan fingerprint density at radius 3 is 2.28 bits per heavy atom. The smallest absolute Gasteiger partial charge is 0.319 e. The number of esters is 1. The molecule has 50 heavy (non-hydrogen) atoms. The number of aliphatic hydroxyl groups excluding tert-OH is 1. The van der Waals surface area contributed by atoms with E-state index in [4.69, 9.17) is 28.4 Å². The van der Waals surface area contributed by atoms with E-state index in [0.29, 0.717) is 19.4 Å². The largest absolute Gasteiger partial charge is 0.463 e. The third-order valence-electron chi connectivity index (χ3n) is 12.0. The number of carbonyl (C=O) groups excluding carboxylic acids is 2. The molecule has 4 rings (SSSR count). The summed E-state index contributed by atoms with van der Waals surface area (Å²) in [6.45, 7) is 15.3. The van der Waals surface area contributed by atoms with Gasteiger partial charge >= 0.3 is 5.97 Å². The quantitative estimate of drug-likeness (QED) is 0.192. The van der Waals surface area contributed by atoms with Crippen molar-refractivity contribution >= 4 is 11.8 Å². The summed E-state index contributed by atoms with van der Waals surface area (Å²) in [7, 11) is 9.18. The molecule has 0 aromatic carbocycles. The van der Waals surface area contributed by atoms with Gasteiger partial charge in [0.05, 0.1) is 30.0 Å². The number of hydrogen-bond donors (Lipinski definition) is 1. The average molecular weight is 712 g/mol. The molecule has 0 bridgehead atoms. The topological polar surface area (TPSA) is 119 Å². The van der Waals surface area contributed by atoms with E-state index in [1.807, 2.05) is 32.8 Å². The summed E-state index contributed by atoms with van der Waals surface area (Å²) < 4.78 is 37.1. The highest BCUT2D eigenvalue weighted by Crippen LogP contribution is 2.39. The first kappa shape index (κ1) is 41.5. The van der Waals surface area contributed by atoms with E-state index in [1.54, 1.807) is 35.0 Å². The molecule has 3 heterocycles. The van der Waals surface area contributed by atoms with Gasteiger partial charge in [-0.15, -0.1) is 0 Å². The number of ketones is 1. The number of aliphatic hydroxyl groups is 1. The first-order valence-electron chi connectivity index (χ1n) is 19.0. The van der Waals surface area contributed by atoms with Gasteiger partial charge in [0.2, 0.25) is 0 Å². The van der Waals surface area contributed by atoms with Crippen molar-refractivity contribution in [2.45, 2.75) is 128 Å². The number of hydrogen-bond acceptors (Lipinski definition) is 12. The highest BCUT2D eigenvalue weighted by Gasteiger charge is 2.52. The maximum absolute atomic E-state index is 14.4. The zero-order valence-electron chi connectivity index (χ0n) is 32.9. The fourth-order valence-electron chi connectivity index (χ4n) is 8.75. The fourth-order valence-corrected chi connectivity index (χ4v) is 8.75. The molecule has 0 aromatic rings. The van der Waals surface area contributed by atoms with Crippen LogP contribution in [-0.2, 0) is 38.0 Å². The van der Waals surface area contributed by atoms with Crippen molar-refractivity contribution in [1.29, 1.82) is 0 Å². The summed E-state index contributed by atoms with van der Waals surface area (Å²) in [5, 5.41) is 11.4. The number of ether oxygens (including phenoxy) is 6. The van der Waals surface area contributed by atoms with Gasteiger partial charge in [0.25, 0.3) is 0 Å². The SMILES string of the molecule is COCO[C@@H](C1CCN(CC2CC2)CC1)[C@@H]1COC(=O)C(C)(C)C(=O)[C@H](C)[C@@H](OC2OC(C)CC(N(C)C)C2O)[C@](C)(OC)C[C@@H](C)CN1C. The molecule has 4 unspecified atom stereocenters. The Morgan fingerprint density at radius 1 is 1.04 bits per heavy atom. The number of cyclic esters (lactones) is 1. The van der Waals surface area contributed by atoms with Gasteiger partial charge < -0.3 is 43.3 Å². The number of carbonyl (C=O) groups is 2. The van der Waals surface area contributed by atoms with Gasteiger partial charge in [-0.1, -0.05) is 13.8 Å². The first-order valence-corrected chi connectivity index (χ1v) is 19.0. The van der Waals surface area contributed by atoms with Gasteiger partial charge in [-0.2, -0.15) is 0 Å². The van der Waals surface area contributed by atoms with Crippen LogP contribution in [0.25, 0.3) is 0 Å². The molecule has 4 fully saturated rings. The number of Topliss-reactive ketones (excluding diaryl/α,β-unsaturated/α-hetero) is 1. The van der Waals surface area contributed by atoms with Gasteiger partial charge in [-0.05, 0) is 118 Å². The summed E-state index contributed by atoms with van der Waals surface area (Å²) in [4.78, 5) is 35.1. The zero-order chi connectivity index (χ0) is 37.0. The van der Waals surface area contributed by atoms with E-state index in [1.165, 1.54) is 19.4 Å². The number of rotatable bonds is 11. The van der Waals surface area contributed by atoms with Crippen molar-refractivity contribution in [3.8, 4) is 0 Å². The standard InChI is InChI=1S/C38H69N3O9/c1-24-19-38(6,46-11)34(50-35-31(42)29(39(7)8)18-25(2)49-35)26(3)33(43)37(4,5)36(44)47-22-30(40(9)20-24)32(48-23-45-10)28-14-16-41(17-15-28)21-27-12-13-27/h24-32,34-35,42H,12-23H2,1-11H3/t24-,25?,26+,29?,30+,31?,32+,34-,35?,38-/m1/s1. The van der Waals surface area contributed by atoms with Crippen LogP contribution in [0, 0.1) is 29.1 Å². The monoisotopic (exact) mass is 712 g/mol. The molecule has 3 saturated heterocycles. The van der Waals surface area contributed by atoms with Crippen LogP contribution in [0.1, 0.15) is 80.1 Å². The van der Waals surface area contributed by atoms with Crippen molar-refractivity contribution in [2.24, 2.45) is 29.1 Å². The minimum absolute atomic E-state index is 0.0828. The molecule has 1 N–H and O–H groups in total. The number of nitrogens with zero attached hydrogens (tertiary/aromatic N) is 3. The normalized spacial score (nSPS) is 38.3. The van der Waals surface area contributed by atoms with E-state index in [9.17, 15) is 14.7 Å². The van der Waals surface area contributed by atoms with Crippen LogP contribution in [0.15, 0.2) is 0 Å². The van der Waals surface area contributed by atoms with Crippen LogP contribution < -0.4 is 0 Å². The number of piperidine rings is 1. The van der Waals surface area contributed by atoms with E-state index in [-0.39, 0.29) is 55.3 Å². The number of likely N-dealkylation sites (N-methyl/N-ethyl adjacent to an activating group) is 2. The number of likely N-dealkylation sites (tertiary alicyclic amines) is 1. The maximum Gasteiger partial charge on any atom is 0.319 e. The van der Waals surface area contributed by atoms with Crippen molar-refractivity contribution in [3.63, 3.8) is 0 Å². The van der Waals surface area contributed by atoms with Crippen molar-refractivity contribution < 1.29 is 43.1 Å². The Hall–Kier alpha value is -1.22. The predicted octanol–water partition coefficient (Wildman–Crippen LogP) is 3.43. The molecule has 1 aliphatic carbocycles. The molecule has 10 atom stereocenters. The lowest BCUT2D eigenvalue weighted by atomic mass is 9.74. The van der Waals surface area contributed by atoms with Crippen molar-refractivity contribution in [1.82, 2.24) is 14.7 Å². The molecule has 4 aliphatic rings. The van der Waals surface area contributed by atoms with Crippen LogP contribution >= 0.6 is 0 Å². The molecule has 0 amide bonds. The lowest BCUT2D eigenvalue weighted by molar-refractivity contribution is -0.295. The molecule has 0 radical (unpaired) electrons. The Bertz CT molecular complexity index is 1100. The highest BCUT2D eigenvalue weighted by molar-refractivity contribution is 6.04. The second-order valence-electron chi connectivity index (χ2n) is 17.0. The third kappa shape index (κ3) is 10.0. The maximum atomic E-state index is 14.4. The second-order valence-corrected chi connectivity index (χ2v) is 17.0. The fraction of sp³-hybridized carbons (Fsp3) is 0.947. The Balaban J connectivity index is 1.64. The lowest BCUT2D eigenvalue weighted by Gasteiger charge is -2.47.